The third kappa shape index (κ3) is 6.61. The predicted octanol–water partition coefficient (Wildman–Crippen LogP) is 3.96. The van der Waals surface area contributed by atoms with E-state index in [1.54, 1.807) is 18.2 Å². The van der Waals surface area contributed by atoms with E-state index in [-0.39, 0.29) is 6.04 Å². The molecule has 7 nitrogen and oxygen atoms in total. The summed E-state index contributed by atoms with van der Waals surface area (Å²) < 4.78 is 45.2. The molecule has 0 unspecified atom stereocenters. The third-order valence-corrected chi connectivity index (χ3v) is 4.80. The van der Waals surface area contributed by atoms with Gasteiger partial charge in [-0.25, -0.2) is 9.78 Å². The first-order valence-electron chi connectivity index (χ1n) is 10.1. The molecule has 3 rings (SSSR count). The maximum absolute atomic E-state index is 12.9. The molecule has 31 heavy (non-hydrogen) atoms. The average Bonchev–Trinajstić information content (AvgIpc) is 3.10. The Balaban J connectivity index is 1.67. The number of nitrogens with zero attached hydrogens (tertiary/aromatic N) is 3. The Labute approximate surface area is 179 Å². The highest BCUT2D eigenvalue weighted by Gasteiger charge is 2.33. The summed E-state index contributed by atoms with van der Waals surface area (Å²) >= 11 is 0. The number of benzene rings is 1. The van der Waals surface area contributed by atoms with Crippen molar-refractivity contribution in [1.82, 2.24) is 19.8 Å². The molecular weight excluding hydrogens is 411 g/mol. The summed E-state index contributed by atoms with van der Waals surface area (Å²) in [5.41, 5.74) is 6.32. The van der Waals surface area contributed by atoms with Crippen molar-refractivity contribution in [2.75, 3.05) is 18.8 Å². The highest BCUT2D eigenvalue weighted by Crippen LogP contribution is 2.28. The maximum atomic E-state index is 12.9. The number of likely N-dealkylation sites (tertiary alicyclic amines) is 1. The number of nitrogens with two attached hydrogens (primary N) is 1. The molecule has 0 spiro atoms. The molecule has 1 amide bonds. The molecule has 0 aliphatic carbocycles. The van der Waals surface area contributed by atoms with E-state index in [0.717, 1.165) is 37.5 Å². The molecule has 1 aliphatic rings. The Morgan fingerprint density at radius 3 is 2.68 bits per heavy atom. The van der Waals surface area contributed by atoms with Gasteiger partial charge < -0.3 is 20.4 Å². The van der Waals surface area contributed by atoms with Gasteiger partial charge in [0.05, 0.1) is 6.33 Å². The van der Waals surface area contributed by atoms with E-state index >= 15 is 0 Å². The summed E-state index contributed by atoms with van der Waals surface area (Å²) in [7, 11) is 0. The van der Waals surface area contributed by atoms with Gasteiger partial charge in [0.15, 0.2) is 5.69 Å². The molecule has 0 radical (unpaired) electrons. The fraction of sp³-hybridized carbons (Fsp3) is 0.524. The number of hydrogen-bond acceptors (Lipinski definition) is 5. The van der Waals surface area contributed by atoms with Gasteiger partial charge in [-0.1, -0.05) is 0 Å². The number of ether oxygens (including phenoxy) is 1. The van der Waals surface area contributed by atoms with E-state index in [4.69, 9.17) is 10.5 Å². The summed E-state index contributed by atoms with van der Waals surface area (Å²) in [5.74, 6) is 0. The van der Waals surface area contributed by atoms with Crippen molar-refractivity contribution in [2.45, 2.75) is 58.0 Å². The summed E-state index contributed by atoms with van der Waals surface area (Å²) in [6, 6.07) is 5.17. The van der Waals surface area contributed by atoms with Crippen LogP contribution in [0.5, 0.6) is 0 Å². The number of carbonyl (C=O) groups excluding carboxylic acids is 1. The summed E-state index contributed by atoms with van der Waals surface area (Å²) in [4.78, 5) is 17.7. The predicted molar refractivity (Wildman–Crippen MR) is 111 cm³/mol. The standard InChI is InChI=1S/C21H28F3N5O2/c1-20(2,3)31-19(30)27-16-5-4-6-28(11-16)10-14-7-15(25)9-17(8-14)29-12-18(26-13-29)21(22,23)24/h7-9,12-13,16H,4-6,10-11,25H2,1-3H3,(H,27,30)/t16-/m0/s1. The van der Waals surface area contributed by atoms with Crippen LogP contribution in [0.3, 0.4) is 0 Å². The van der Waals surface area contributed by atoms with Crippen molar-refractivity contribution in [3.8, 4) is 5.69 Å². The molecule has 1 aromatic heterocycles. The lowest BCUT2D eigenvalue weighted by molar-refractivity contribution is -0.140. The first kappa shape index (κ1) is 22.9. The number of halogens is 3. The molecule has 0 bridgehead atoms. The Bertz CT molecular complexity index is 920. The summed E-state index contributed by atoms with van der Waals surface area (Å²) in [5, 5.41) is 2.91. The van der Waals surface area contributed by atoms with E-state index in [9.17, 15) is 18.0 Å². The van der Waals surface area contributed by atoms with Crippen LogP contribution in [-0.2, 0) is 17.5 Å². The number of anilines is 1. The zero-order valence-electron chi connectivity index (χ0n) is 17.9. The van der Waals surface area contributed by atoms with E-state index in [1.807, 2.05) is 20.8 Å². The molecule has 2 heterocycles. The third-order valence-electron chi connectivity index (χ3n) is 4.80. The Kier molecular flexibility index (Phi) is 6.49. The van der Waals surface area contributed by atoms with E-state index in [0.29, 0.717) is 24.5 Å². The second-order valence-corrected chi connectivity index (χ2v) is 8.82. The number of alkyl halides is 3. The smallest absolute Gasteiger partial charge is 0.434 e. The van der Waals surface area contributed by atoms with Crippen molar-refractivity contribution in [3.05, 3.63) is 42.0 Å². The molecule has 3 N–H and O–H groups in total. The van der Waals surface area contributed by atoms with Crippen LogP contribution in [-0.4, -0.2) is 45.3 Å². The normalized spacial score (nSPS) is 18.1. The number of aromatic nitrogens is 2. The molecular formula is C21H28F3N5O2. The van der Waals surface area contributed by atoms with Crippen molar-refractivity contribution < 1.29 is 22.7 Å². The van der Waals surface area contributed by atoms with Crippen LogP contribution in [0.2, 0.25) is 0 Å². The van der Waals surface area contributed by atoms with Crippen molar-refractivity contribution >= 4 is 11.8 Å². The molecule has 1 aromatic carbocycles. The van der Waals surface area contributed by atoms with Gasteiger partial charge in [-0.05, 0) is 63.9 Å². The largest absolute Gasteiger partial charge is 0.444 e. The molecule has 1 aliphatic heterocycles. The lowest BCUT2D eigenvalue weighted by Gasteiger charge is -2.33. The quantitative estimate of drug-likeness (QED) is 0.705. The van der Waals surface area contributed by atoms with Crippen molar-refractivity contribution in [2.24, 2.45) is 0 Å². The van der Waals surface area contributed by atoms with Gasteiger partial charge in [-0.15, -0.1) is 0 Å². The summed E-state index contributed by atoms with van der Waals surface area (Å²) in [6.07, 6.45) is -1.10. The molecule has 0 saturated carbocycles. The monoisotopic (exact) mass is 439 g/mol. The van der Waals surface area contributed by atoms with Gasteiger partial charge in [-0.2, -0.15) is 13.2 Å². The second kappa shape index (κ2) is 8.78. The molecule has 1 saturated heterocycles. The summed E-state index contributed by atoms with van der Waals surface area (Å²) in [6.45, 7) is 7.50. The minimum atomic E-state index is -4.50. The number of imidazole rings is 1. The second-order valence-electron chi connectivity index (χ2n) is 8.82. The first-order valence-corrected chi connectivity index (χ1v) is 10.1. The van der Waals surface area contributed by atoms with Crippen LogP contribution in [0.25, 0.3) is 5.69 Å². The lowest BCUT2D eigenvalue weighted by Crippen LogP contribution is -2.48. The van der Waals surface area contributed by atoms with Gasteiger partial charge in [0.2, 0.25) is 0 Å². The SMILES string of the molecule is CC(C)(C)OC(=O)N[C@H]1CCCN(Cc2cc(N)cc(-n3cnc(C(F)(F)F)c3)c2)C1. The number of nitrogen functional groups attached to an aromatic ring is 1. The van der Waals surface area contributed by atoms with Gasteiger partial charge in [-0.3, -0.25) is 4.90 Å². The van der Waals surface area contributed by atoms with Gasteiger partial charge in [0.25, 0.3) is 0 Å². The molecule has 10 heteroatoms. The minimum absolute atomic E-state index is 0.0351. The van der Waals surface area contributed by atoms with Crippen LogP contribution in [0.1, 0.15) is 44.9 Å². The van der Waals surface area contributed by atoms with Crippen LogP contribution >= 0.6 is 0 Å². The Morgan fingerprint density at radius 1 is 1.29 bits per heavy atom. The van der Waals surface area contributed by atoms with Crippen LogP contribution in [0.4, 0.5) is 23.7 Å². The number of hydrogen-bond donors (Lipinski definition) is 2. The number of rotatable bonds is 4. The Hall–Kier alpha value is -2.75. The molecule has 1 fully saturated rings. The zero-order valence-corrected chi connectivity index (χ0v) is 17.9. The van der Waals surface area contributed by atoms with Crippen molar-refractivity contribution in [1.29, 1.82) is 0 Å². The fourth-order valence-corrected chi connectivity index (χ4v) is 3.60. The molecule has 170 valence electrons. The Morgan fingerprint density at radius 2 is 2.03 bits per heavy atom. The lowest BCUT2D eigenvalue weighted by atomic mass is 10.0. The number of piperidine rings is 1. The molecule has 2 aromatic rings. The topological polar surface area (TPSA) is 85.4 Å². The average molecular weight is 439 g/mol. The zero-order chi connectivity index (χ0) is 22.8. The van der Waals surface area contributed by atoms with E-state index < -0.39 is 23.6 Å². The minimum Gasteiger partial charge on any atom is -0.444 e. The molecule has 1 atom stereocenters. The highest BCUT2D eigenvalue weighted by molar-refractivity contribution is 5.68. The van der Waals surface area contributed by atoms with Crippen LogP contribution in [0, 0.1) is 0 Å². The number of carbonyl (C=O) groups is 1. The van der Waals surface area contributed by atoms with Gasteiger partial charge in [0, 0.05) is 36.7 Å². The van der Waals surface area contributed by atoms with E-state index in [2.05, 4.69) is 15.2 Å². The van der Waals surface area contributed by atoms with Gasteiger partial charge in [0.1, 0.15) is 5.60 Å². The van der Waals surface area contributed by atoms with E-state index in [1.165, 1.54) is 4.57 Å². The number of alkyl carbamates (subject to hydrolysis) is 1. The number of nitrogens with one attached hydrogen (secondary N) is 1. The van der Waals surface area contributed by atoms with Gasteiger partial charge >= 0.3 is 12.3 Å². The van der Waals surface area contributed by atoms with Crippen LogP contribution < -0.4 is 11.1 Å². The maximum Gasteiger partial charge on any atom is 0.434 e. The van der Waals surface area contributed by atoms with Crippen LogP contribution in [0.15, 0.2) is 30.7 Å². The fourth-order valence-electron chi connectivity index (χ4n) is 3.60. The number of amides is 1. The van der Waals surface area contributed by atoms with Crippen molar-refractivity contribution in [3.63, 3.8) is 0 Å². The first-order chi connectivity index (χ1) is 14.4. The highest BCUT2D eigenvalue weighted by atomic mass is 19.4.